The first-order valence-corrected chi connectivity index (χ1v) is 11.6. The van der Waals surface area contributed by atoms with E-state index in [4.69, 9.17) is 0 Å². The summed E-state index contributed by atoms with van der Waals surface area (Å²) < 4.78 is 81.4. The SMILES string of the molecule is CC(C)(C)C1CCC(Nc2cccc(C(F)(F)F)c2)(c2nnnn2-c2cccc(C(F)(F)F)c2)CC1. The van der Waals surface area contributed by atoms with E-state index in [0.29, 0.717) is 18.8 Å². The van der Waals surface area contributed by atoms with Crippen LogP contribution in [0.3, 0.4) is 0 Å². The summed E-state index contributed by atoms with van der Waals surface area (Å²) in [6, 6.07) is 9.51. The van der Waals surface area contributed by atoms with Gasteiger partial charge in [0.1, 0.15) is 0 Å². The molecule has 4 rings (SSSR count). The average molecular weight is 512 g/mol. The van der Waals surface area contributed by atoms with Crippen LogP contribution in [0.15, 0.2) is 48.5 Å². The van der Waals surface area contributed by atoms with Gasteiger partial charge in [0.05, 0.1) is 22.4 Å². The summed E-state index contributed by atoms with van der Waals surface area (Å²) in [7, 11) is 0. The van der Waals surface area contributed by atoms with E-state index in [1.165, 1.54) is 28.9 Å². The van der Waals surface area contributed by atoms with Gasteiger partial charge >= 0.3 is 12.4 Å². The predicted molar refractivity (Wildman–Crippen MR) is 122 cm³/mol. The molecule has 1 heterocycles. The first kappa shape index (κ1) is 26.0. The molecule has 194 valence electrons. The van der Waals surface area contributed by atoms with Crippen LogP contribution in [0.2, 0.25) is 0 Å². The van der Waals surface area contributed by atoms with E-state index in [9.17, 15) is 26.3 Å². The first-order chi connectivity index (χ1) is 16.7. The molecular weight excluding hydrogens is 484 g/mol. The number of nitrogens with zero attached hydrogens (tertiary/aromatic N) is 4. The van der Waals surface area contributed by atoms with Gasteiger partial charge in [0.15, 0.2) is 5.82 Å². The van der Waals surface area contributed by atoms with Gasteiger partial charge in [-0.15, -0.1) is 5.10 Å². The largest absolute Gasteiger partial charge is 0.416 e. The van der Waals surface area contributed by atoms with Crippen molar-refractivity contribution in [1.29, 1.82) is 0 Å². The van der Waals surface area contributed by atoms with Gasteiger partial charge in [0.25, 0.3) is 0 Å². The molecule has 0 amide bonds. The first-order valence-electron chi connectivity index (χ1n) is 11.6. The molecule has 0 bridgehead atoms. The molecule has 0 saturated heterocycles. The van der Waals surface area contributed by atoms with E-state index in [0.717, 1.165) is 37.1 Å². The molecule has 5 nitrogen and oxygen atoms in total. The van der Waals surface area contributed by atoms with Gasteiger partial charge in [-0.3, -0.25) is 0 Å². The Balaban J connectivity index is 1.78. The second kappa shape index (κ2) is 9.08. The molecule has 0 spiro atoms. The summed E-state index contributed by atoms with van der Waals surface area (Å²) in [4.78, 5) is 0. The molecule has 1 N–H and O–H groups in total. The van der Waals surface area contributed by atoms with Crippen LogP contribution < -0.4 is 5.32 Å². The fourth-order valence-corrected chi connectivity index (χ4v) is 4.90. The zero-order valence-corrected chi connectivity index (χ0v) is 20.1. The molecule has 11 heteroatoms. The fourth-order valence-electron chi connectivity index (χ4n) is 4.90. The van der Waals surface area contributed by atoms with Gasteiger partial charge in [-0.05, 0) is 83.8 Å². The van der Waals surface area contributed by atoms with E-state index in [1.807, 2.05) is 0 Å². The lowest BCUT2D eigenvalue weighted by molar-refractivity contribution is -0.138. The molecule has 1 fully saturated rings. The highest BCUT2D eigenvalue weighted by atomic mass is 19.4. The molecule has 1 saturated carbocycles. The second-order valence-electron chi connectivity index (χ2n) is 10.4. The number of tetrazole rings is 1. The Morgan fingerprint density at radius 1 is 0.861 bits per heavy atom. The van der Waals surface area contributed by atoms with Gasteiger partial charge in [0.2, 0.25) is 0 Å². The second-order valence-corrected chi connectivity index (χ2v) is 10.4. The molecule has 1 aromatic heterocycles. The quantitative estimate of drug-likeness (QED) is 0.375. The lowest BCUT2D eigenvalue weighted by Gasteiger charge is -2.44. The van der Waals surface area contributed by atoms with Crippen LogP contribution in [0.5, 0.6) is 0 Å². The lowest BCUT2D eigenvalue weighted by atomic mass is 9.67. The Morgan fingerprint density at radius 3 is 2.03 bits per heavy atom. The van der Waals surface area contributed by atoms with Gasteiger partial charge in [-0.25, -0.2) is 0 Å². The average Bonchev–Trinajstić information content (AvgIpc) is 3.29. The maximum Gasteiger partial charge on any atom is 0.416 e. The topological polar surface area (TPSA) is 55.6 Å². The van der Waals surface area contributed by atoms with Crippen molar-refractivity contribution in [2.75, 3.05) is 5.32 Å². The number of alkyl halides is 6. The normalized spacial score (nSPS) is 21.4. The van der Waals surface area contributed by atoms with Gasteiger partial charge in [-0.2, -0.15) is 31.0 Å². The predicted octanol–water partition coefficient (Wildman–Crippen LogP) is 7.24. The maximum absolute atomic E-state index is 13.4. The highest BCUT2D eigenvalue weighted by molar-refractivity contribution is 5.50. The summed E-state index contributed by atoms with van der Waals surface area (Å²) in [6.45, 7) is 6.41. The fraction of sp³-hybridized carbons (Fsp3) is 0.480. The number of benzene rings is 2. The molecular formula is C25H27F6N5. The van der Waals surface area contributed by atoms with Crippen molar-refractivity contribution in [2.45, 2.75) is 64.3 Å². The van der Waals surface area contributed by atoms with Crippen LogP contribution in [0.4, 0.5) is 32.0 Å². The molecule has 0 unspecified atom stereocenters. The molecule has 2 aromatic carbocycles. The number of aromatic nitrogens is 4. The van der Waals surface area contributed by atoms with Crippen molar-refractivity contribution in [1.82, 2.24) is 20.2 Å². The third-order valence-corrected chi connectivity index (χ3v) is 6.95. The van der Waals surface area contributed by atoms with E-state index < -0.39 is 29.0 Å². The smallest absolute Gasteiger partial charge is 0.373 e. The van der Waals surface area contributed by atoms with Crippen molar-refractivity contribution in [3.63, 3.8) is 0 Å². The third kappa shape index (κ3) is 5.34. The van der Waals surface area contributed by atoms with Crippen molar-refractivity contribution in [2.24, 2.45) is 11.3 Å². The summed E-state index contributed by atoms with van der Waals surface area (Å²) >= 11 is 0. The summed E-state index contributed by atoms with van der Waals surface area (Å²) in [5.74, 6) is 0.610. The van der Waals surface area contributed by atoms with E-state index in [1.54, 1.807) is 0 Å². The lowest BCUT2D eigenvalue weighted by Crippen LogP contribution is -2.43. The minimum atomic E-state index is -4.55. The van der Waals surface area contributed by atoms with Crippen LogP contribution >= 0.6 is 0 Å². The zero-order chi connectivity index (χ0) is 26.4. The van der Waals surface area contributed by atoms with Crippen molar-refractivity contribution < 1.29 is 26.3 Å². The van der Waals surface area contributed by atoms with E-state index >= 15 is 0 Å². The van der Waals surface area contributed by atoms with Gasteiger partial charge in [-0.1, -0.05) is 32.9 Å². The Hall–Kier alpha value is -3.11. The van der Waals surface area contributed by atoms with Gasteiger partial charge in [0, 0.05) is 5.69 Å². The Morgan fingerprint density at radius 2 is 1.44 bits per heavy atom. The number of nitrogens with one attached hydrogen (secondary N) is 1. The molecule has 36 heavy (non-hydrogen) atoms. The highest BCUT2D eigenvalue weighted by Crippen LogP contribution is 2.47. The maximum atomic E-state index is 13.4. The molecule has 1 aliphatic rings. The highest BCUT2D eigenvalue weighted by Gasteiger charge is 2.44. The number of rotatable bonds is 4. The molecule has 1 aliphatic carbocycles. The van der Waals surface area contributed by atoms with Gasteiger partial charge < -0.3 is 5.32 Å². The van der Waals surface area contributed by atoms with E-state index in [2.05, 4.69) is 41.6 Å². The van der Waals surface area contributed by atoms with Crippen LogP contribution in [-0.4, -0.2) is 20.2 Å². The van der Waals surface area contributed by atoms with E-state index in [-0.39, 0.29) is 22.6 Å². The summed E-state index contributed by atoms with van der Waals surface area (Å²) in [5.41, 5.74) is -2.26. The Kier molecular flexibility index (Phi) is 6.55. The van der Waals surface area contributed by atoms with Crippen molar-refractivity contribution in [3.8, 4) is 5.69 Å². The van der Waals surface area contributed by atoms with Crippen molar-refractivity contribution in [3.05, 3.63) is 65.5 Å². The third-order valence-electron chi connectivity index (χ3n) is 6.95. The number of hydrogen-bond acceptors (Lipinski definition) is 4. The van der Waals surface area contributed by atoms with Crippen LogP contribution in [-0.2, 0) is 17.9 Å². The molecule has 0 aliphatic heterocycles. The minimum absolute atomic E-state index is 0.0231. The van der Waals surface area contributed by atoms with Crippen LogP contribution in [0.25, 0.3) is 5.69 Å². The Labute approximate surface area is 204 Å². The summed E-state index contributed by atoms with van der Waals surface area (Å²) in [6.07, 6.45) is -6.61. The number of halogens is 6. The standard InChI is InChI=1S/C25H27F6N5/c1-22(2,3)16-10-12-23(13-11-16,32-19-8-4-6-17(14-19)24(26,27)28)21-33-34-35-36(21)20-9-5-7-18(15-20)25(29,30)31/h4-9,14-16,32H,10-13H2,1-3H3. The molecule has 0 atom stereocenters. The molecule has 3 aromatic rings. The van der Waals surface area contributed by atoms with Crippen molar-refractivity contribution >= 4 is 5.69 Å². The van der Waals surface area contributed by atoms with Crippen LogP contribution in [0, 0.1) is 11.3 Å². The number of anilines is 1. The number of hydrogen-bond donors (Lipinski definition) is 1. The molecule has 0 radical (unpaired) electrons. The Bertz CT molecular complexity index is 1200. The summed E-state index contributed by atoms with van der Waals surface area (Å²) in [5, 5.41) is 15.1. The minimum Gasteiger partial charge on any atom is -0.373 e. The monoisotopic (exact) mass is 511 g/mol. The zero-order valence-electron chi connectivity index (χ0n) is 20.1. The van der Waals surface area contributed by atoms with Crippen LogP contribution in [0.1, 0.15) is 63.4 Å².